The van der Waals surface area contributed by atoms with Crippen LogP contribution in [0.4, 0.5) is 4.39 Å². The second kappa shape index (κ2) is 7.61. The molecule has 1 atom stereocenters. The van der Waals surface area contributed by atoms with Crippen LogP contribution in [-0.4, -0.2) is 34.3 Å². The van der Waals surface area contributed by atoms with Crippen LogP contribution < -0.4 is 0 Å². The van der Waals surface area contributed by atoms with E-state index >= 15 is 0 Å². The highest BCUT2D eigenvalue weighted by molar-refractivity contribution is 8.14. The van der Waals surface area contributed by atoms with Gasteiger partial charge in [0.25, 0.3) is 0 Å². The number of ether oxygens (including phenoxy) is 1. The number of halogens is 1. The Morgan fingerprint density at radius 2 is 2.23 bits per heavy atom. The molecule has 0 aromatic heterocycles. The molecule has 1 aromatic rings. The van der Waals surface area contributed by atoms with Crippen molar-refractivity contribution in [2.75, 3.05) is 12.4 Å². The van der Waals surface area contributed by atoms with E-state index < -0.39 is 17.8 Å². The maximum atomic E-state index is 13.9. The number of thioether (sulfide) groups is 1. The van der Waals surface area contributed by atoms with Crippen LogP contribution in [0.1, 0.15) is 38.8 Å². The van der Waals surface area contributed by atoms with Crippen molar-refractivity contribution in [1.29, 1.82) is 0 Å². The predicted octanol–water partition coefficient (Wildman–Crippen LogP) is 3.68. The van der Waals surface area contributed by atoms with Crippen molar-refractivity contribution in [2.45, 2.75) is 33.2 Å². The SMILES string of the molecule is CC1=C(C(=O)OCC(C)C)[C@@H](c2cccc(F)c2)N2C(=O)CCSC2=N1. The van der Waals surface area contributed by atoms with Gasteiger partial charge in [-0.25, -0.2) is 14.2 Å². The minimum absolute atomic E-state index is 0.126. The summed E-state index contributed by atoms with van der Waals surface area (Å²) in [5.74, 6) is -0.238. The number of carbonyl (C=O) groups excluding carboxylic acids is 2. The minimum atomic E-state index is -0.724. The summed E-state index contributed by atoms with van der Waals surface area (Å²) in [5, 5.41) is 0.549. The molecule has 7 heteroatoms. The number of amidine groups is 1. The summed E-state index contributed by atoms with van der Waals surface area (Å²) < 4.78 is 19.3. The molecular weight excluding hydrogens is 355 g/mol. The molecule has 1 saturated heterocycles. The number of allylic oxidation sites excluding steroid dienone is 1. The maximum Gasteiger partial charge on any atom is 0.338 e. The van der Waals surface area contributed by atoms with Crippen molar-refractivity contribution in [3.05, 3.63) is 46.9 Å². The summed E-state index contributed by atoms with van der Waals surface area (Å²) >= 11 is 1.46. The lowest BCUT2D eigenvalue weighted by molar-refractivity contribution is -0.141. The van der Waals surface area contributed by atoms with Crippen LogP contribution in [0.5, 0.6) is 0 Å². The van der Waals surface area contributed by atoms with Gasteiger partial charge in [-0.2, -0.15) is 0 Å². The smallest absolute Gasteiger partial charge is 0.338 e. The van der Waals surface area contributed by atoms with Crippen molar-refractivity contribution in [2.24, 2.45) is 10.9 Å². The van der Waals surface area contributed by atoms with Crippen LogP contribution in [0.2, 0.25) is 0 Å². The highest BCUT2D eigenvalue weighted by Gasteiger charge is 2.41. The van der Waals surface area contributed by atoms with Crippen molar-refractivity contribution in [1.82, 2.24) is 4.90 Å². The quantitative estimate of drug-likeness (QED) is 0.752. The Hall–Kier alpha value is -2.15. The van der Waals surface area contributed by atoms with Gasteiger partial charge in [0.05, 0.1) is 23.9 Å². The highest BCUT2D eigenvalue weighted by Crippen LogP contribution is 2.40. The fraction of sp³-hybridized carbons (Fsp3) is 0.421. The average Bonchev–Trinajstić information content (AvgIpc) is 2.58. The van der Waals surface area contributed by atoms with Gasteiger partial charge in [0.2, 0.25) is 5.91 Å². The third-order valence-corrected chi connectivity index (χ3v) is 5.09. The Labute approximate surface area is 156 Å². The average molecular weight is 376 g/mol. The van der Waals surface area contributed by atoms with Crippen LogP contribution in [0.25, 0.3) is 0 Å². The largest absolute Gasteiger partial charge is 0.462 e. The molecule has 1 aromatic carbocycles. The molecule has 0 saturated carbocycles. The van der Waals surface area contributed by atoms with Gasteiger partial charge in [-0.3, -0.25) is 9.69 Å². The number of aliphatic imine (C=N–C) groups is 1. The lowest BCUT2D eigenvalue weighted by Crippen LogP contribution is -2.45. The van der Waals surface area contributed by atoms with E-state index in [1.807, 2.05) is 13.8 Å². The number of carbonyl (C=O) groups is 2. The fourth-order valence-corrected chi connectivity index (χ4v) is 3.98. The fourth-order valence-electron chi connectivity index (χ4n) is 2.97. The Kier molecular flexibility index (Phi) is 5.46. The molecule has 2 aliphatic heterocycles. The van der Waals surface area contributed by atoms with Crippen LogP contribution in [-0.2, 0) is 14.3 Å². The number of fused-ring (bicyclic) bond motifs is 1. The second-order valence-electron chi connectivity index (χ2n) is 6.71. The number of nitrogens with zero attached hydrogens (tertiary/aromatic N) is 2. The van der Waals surface area contributed by atoms with Crippen LogP contribution in [0.15, 0.2) is 40.5 Å². The molecule has 26 heavy (non-hydrogen) atoms. The summed E-state index contributed by atoms with van der Waals surface area (Å²) in [6.45, 7) is 5.88. The molecule has 0 N–H and O–H groups in total. The zero-order chi connectivity index (χ0) is 18.8. The summed E-state index contributed by atoms with van der Waals surface area (Å²) in [4.78, 5) is 31.3. The predicted molar refractivity (Wildman–Crippen MR) is 99.0 cm³/mol. The monoisotopic (exact) mass is 376 g/mol. The first kappa shape index (κ1) is 18.6. The van der Waals surface area contributed by atoms with Gasteiger partial charge in [-0.15, -0.1) is 0 Å². The number of rotatable bonds is 4. The van der Waals surface area contributed by atoms with Gasteiger partial charge in [-0.1, -0.05) is 37.7 Å². The third-order valence-electron chi connectivity index (χ3n) is 4.14. The lowest BCUT2D eigenvalue weighted by Gasteiger charge is -2.38. The van der Waals surface area contributed by atoms with Gasteiger partial charge >= 0.3 is 5.97 Å². The molecule has 0 unspecified atom stereocenters. The topological polar surface area (TPSA) is 59.0 Å². The van der Waals surface area contributed by atoms with Crippen LogP contribution >= 0.6 is 11.8 Å². The van der Waals surface area contributed by atoms with E-state index in [4.69, 9.17) is 4.74 Å². The highest BCUT2D eigenvalue weighted by atomic mass is 32.2. The van der Waals surface area contributed by atoms with Crippen molar-refractivity contribution in [3.63, 3.8) is 0 Å². The molecule has 2 aliphatic rings. The number of hydrogen-bond acceptors (Lipinski definition) is 5. The number of hydrogen-bond donors (Lipinski definition) is 0. The zero-order valence-corrected chi connectivity index (χ0v) is 15.8. The van der Waals surface area contributed by atoms with Gasteiger partial charge in [0.15, 0.2) is 5.17 Å². The molecule has 0 bridgehead atoms. The standard InChI is InChI=1S/C19H21FN2O3S/c1-11(2)10-25-18(24)16-12(3)21-19-22(15(23)7-8-26-19)17(16)13-5-4-6-14(20)9-13/h4-6,9,11,17H,7-8,10H2,1-3H3/t17-/m1/s1. The van der Waals surface area contributed by atoms with E-state index in [1.165, 1.54) is 28.8 Å². The van der Waals surface area contributed by atoms with Crippen LogP contribution in [0.3, 0.4) is 0 Å². The van der Waals surface area contributed by atoms with Gasteiger partial charge in [-0.05, 0) is 30.5 Å². The second-order valence-corrected chi connectivity index (χ2v) is 7.77. The van der Waals surface area contributed by atoms with E-state index in [1.54, 1.807) is 19.1 Å². The Morgan fingerprint density at radius 3 is 2.92 bits per heavy atom. The van der Waals surface area contributed by atoms with Gasteiger partial charge in [0, 0.05) is 12.2 Å². The molecule has 2 heterocycles. The van der Waals surface area contributed by atoms with E-state index in [9.17, 15) is 14.0 Å². The van der Waals surface area contributed by atoms with Gasteiger partial charge < -0.3 is 4.74 Å². The zero-order valence-electron chi connectivity index (χ0n) is 15.0. The summed E-state index contributed by atoms with van der Waals surface area (Å²) in [7, 11) is 0. The Balaban J connectivity index is 2.08. The maximum absolute atomic E-state index is 13.9. The molecule has 1 amide bonds. The van der Waals surface area contributed by atoms with Crippen molar-refractivity contribution in [3.8, 4) is 0 Å². The number of benzene rings is 1. The molecule has 0 aliphatic carbocycles. The summed E-state index contributed by atoms with van der Waals surface area (Å²) in [5.41, 5.74) is 1.32. The number of esters is 1. The third kappa shape index (κ3) is 3.67. The van der Waals surface area contributed by atoms with E-state index in [0.29, 0.717) is 28.6 Å². The van der Waals surface area contributed by atoms with E-state index in [2.05, 4.69) is 4.99 Å². The Morgan fingerprint density at radius 1 is 1.46 bits per heavy atom. The molecule has 5 nitrogen and oxygen atoms in total. The van der Waals surface area contributed by atoms with E-state index in [-0.39, 0.29) is 24.0 Å². The molecular formula is C19H21FN2O3S. The summed E-state index contributed by atoms with van der Waals surface area (Å²) in [6, 6.07) is 5.25. The first-order valence-electron chi connectivity index (χ1n) is 8.55. The minimum Gasteiger partial charge on any atom is -0.462 e. The Bertz CT molecular complexity index is 804. The van der Waals surface area contributed by atoms with Gasteiger partial charge in [0.1, 0.15) is 5.82 Å². The molecule has 138 valence electrons. The first-order chi connectivity index (χ1) is 12.4. The molecule has 3 rings (SSSR count). The lowest BCUT2D eigenvalue weighted by atomic mass is 9.94. The normalized spacial score (nSPS) is 20.2. The molecule has 0 radical (unpaired) electrons. The number of amides is 1. The molecule has 0 spiro atoms. The summed E-state index contributed by atoms with van der Waals surface area (Å²) in [6.07, 6.45) is 0.350. The first-order valence-corrected chi connectivity index (χ1v) is 9.54. The van der Waals surface area contributed by atoms with Crippen molar-refractivity contribution < 1.29 is 18.7 Å². The van der Waals surface area contributed by atoms with E-state index in [0.717, 1.165) is 0 Å². The van der Waals surface area contributed by atoms with Crippen LogP contribution in [0, 0.1) is 11.7 Å². The van der Waals surface area contributed by atoms with Crippen molar-refractivity contribution >= 4 is 28.8 Å². The molecule has 1 fully saturated rings.